The maximum absolute atomic E-state index is 13.9. The Morgan fingerprint density at radius 3 is 2.36 bits per heavy atom. The summed E-state index contributed by atoms with van der Waals surface area (Å²) >= 11 is 5.97. The summed E-state index contributed by atoms with van der Waals surface area (Å²) in [6.07, 6.45) is 0. The van der Waals surface area contributed by atoms with Crippen molar-refractivity contribution in [3.63, 3.8) is 0 Å². The van der Waals surface area contributed by atoms with Gasteiger partial charge in [0, 0.05) is 0 Å². The summed E-state index contributed by atoms with van der Waals surface area (Å²) in [6.45, 7) is -0.203. The van der Waals surface area contributed by atoms with Gasteiger partial charge in [0.1, 0.15) is 12.4 Å². The van der Waals surface area contributed by atoms with Gasteiger partial charge in [-0.1, -0.05) is 35.0 Å². The van der Waals surface area contributed by atoms with Crippen molar-refractivity contribution in [3.8, 4) is 11.4 Å². The fraction of sp³-hybridized carbons (Fsp3) is 0.0588. The molecule has 1 aliphatic rings. The molecule has 0 fully saturated rings. The quantitative estimate of drug-likeness (QED) is 0.672. The molecule has 0 unspecified atom stereocenters. The number of carbonyl (C=O) groups excluding carboxylic acids is 2. The molecule has 8 heteroatoms. The van der Waals surface area contributed by atoms with Gasteiger partial charge < -0.3 is 4.52 Å². The van der Waals surface area contributed by atoms with Crippen LogP contribution < -0.4 is 0 Å². The fourth-order valence-corrected chi connectivity index (χ4v) is 2.90. The molecule has 6 nitrogen and oxygen atoms in total. The summed E-state index contributed by atoms with van der Waals surface area (Å²) in [5, 5.41) is 3.82. The Labute approximate surface area is 145 Å². The Kier molecular flexibility index (Phi) is 3.58. The maximum Gasteiger partial charge on any atom is 0.262 e. The summed E-state index contributed by atoms with van der Waals surface area (Å²) in [4.78, 5) is 29.7. The lowest BCUT2D eigenvalue weighted by atomic mass is 10.1. The van der Waals surface area contributed by atoms with Crippen LogP contribution in [0.3, 0.4) is 0 Å². The molecule has 2 aromatic carbocycles. The number of fused-ring (bicyclic) bond motifs is 1. The third-order valence-electron chi connectivity index (χ3n) is 3.83. The number of rotatable bonds is 3. The monoisotopic (exact) mass is 357 g/mol. The topological polar surface area (TPSA) is 76.3 Å². The van der Waals surface area contributed by atoms with E-state index in [-0.39, 0.29) is 28.8 Å². The van der Waals surface area contributed by atoms with Gasteiger partial charge in [0.05, 0.1) is 21.7 Å². The molecule has 0 atom stereocenters. The Morgan fingerprint density at radius 1 is 1.04 bits per heavy atom. The van der Waals surface area contributed by atoms with Crippen molar-refractivity contribution >= 4 is 23.4 Å². The molecule has 4 rings (SSSR count). The van der Waals surface area contributed by atoms with E-state index in [9.17, 15) is 14.0 Å². The van der Waals surface area contributed by atoms with E-state index in [4.69, 9.17) is 16.1 Å². The summed E-state index contributed by atoms with van der Waals surface area (Å²) in [6, 6.07) is 10.7. The number of aromatic nitrogens is 2. The number of nitrogens with zero attached hydrogens (tertiary/aromatic N) is 3. The number of halogens is 2. The average Bonchev–Trinajstić information content (AvgIpc) is 3.15. The molecule has 0 N–H and O–H groups in total. The van der Waals surface area contributed by atoms with Gasteiger partial charge in [0.2, 0.25) is 11.7 Å². The minimum absolute atomic E-state index is 0.00141. The molecule has 3 aromatic rings. The maximum atomic E-state index is 13.9. The first-order valence-electron chi connectivity index (χ1n) is 7.28. The predicted molar refractivity (Wildman–Crippen MR) is 85.3 cm³/mol. The van der Waals surface area contributed by atoms with E-state index in [1.54, 1.807) is 24.3 Å². The van der Waals surface area contributed by atoms with Gasteiger partial charge in [-0.05, 0) is 24.3 Å². The number of carbonyl (C=O) groups is 2. The van der Waals surface area contributed by atoms with Crippen LogP contribution in [-0.4, -0.2) is 26.9 Å². The molecule has 2 heterocycles. The highest BCUT2D eigenvalue weighted by molar-refractivity contribution is 6.33. The molecule has 0 bridgehead atoms. The van der Waals surface area contributed by atoms with Crippen molar-refractivity contribution in [2.24, 2.45) is 0 Å². The number of amides is 2. The Morgan fingerprint density at radius 2 is 1.72 bits per heavy atom. The standard InChI is InChI=1S/C17H9ClFN3O3/c18-11-6-3-7-12(19)14(11)15-20-13(25-21-15)8-22-16(23)9-4-1-2-5-10(9)17(22)24/h1-7H,8H2. The molecular weight excluding hydrogens is 349 g/mol. The van der Waals surface area contributed by atoms with Crippen LogP contribution in [0.5, 0.6) is 0 Å². The van der Waals surface area contributed by atoms with Crippen molar-refractivity contribution in [1.82, 2.24) is 15.0 Å². The number of imide groups is 1. The highest BCUT2D eigenvalue weighted by atomic mass is 35.5. The number of hydrogen-bond donors (Lipinski definition) is 0. The van der Waals surface area contributed by atoms with Crippen molar-refractivity contribution < 1.29 is 18.5 Å². The molecule has 0 radical (unpaired) electrons. The Bertz CT molecular complexity index is 963. The van der Waals surface area contributed by atoms with Gasteiger partial charge in [-0.15, -0.1) is 0 Å². The molecular formula is C17H9ClFN3O3. The van der Waals surface area contributed by atoms with E-state index in [0.29, 0.717) is 11.1 Å². The van der Waals surface area contributed by atoms with Crippen molar-refractivity contribution in [2.45, 2.75) is 6.54 Å². The first-order valence-corrected chi connectivity index (χ1v) is 7.66. The summed E-state index contributed by atoms with van der Waals surface area (Å²) < 4.78 is 19.0. The van der Waals surface area contributed by atoms with Crippen molar-refractivity contribution in [2.75, 3.05) is 0 Å². The fourth-order valence-electron chi connectivity index (χ4n) is 2.65. The first-order chi connectivity index (χ1) is 12.1. The molecule has 124 valence electrons. The van der Waals surface area contributed by atoms with Crippen molar-refractivity contribution in [3.05, 3.63) is 70.3 Å². The van der Waals surface area contributed by atoms with E-state index in [1.165, 1.54) is 18.2 Å². The predicted octanol–water partition coefficient (Wildman–Crippen LogP) is 3.33. The molecule has 1 aliphatic heterocycles. The van der Waals surface area contributed by atoms with Gasteiger partial charge in [-0.2, -0.15) is 4.98 Å². The van der Waals surface area contributed by atoms with Crippen LogP contribution >= 0.6 is 11.6 Å². The van der Waals surface area contributed by atoms with Crippen LogP contribution in [0.2, 0.25) is 5.02 Å². The van der Waals surface area contributed by atoms with Gasteiger partial charge in [0.15, 0.2) is 0 Å². The summed E-state index contributed by atoms with van der Waals surface area (Å²) in [5.41, 5.74) is 0.648. The van der Waals surface area contributed by atoms with E-state index >= 15 is 0 Å². The third kappa shape index (κ3) is 2.49. The lowest BCUT2D eigenvalue weighted by Crippen LogP contribution is -2.29. The molecule has 0 saturated carbocycles. The van der Waals surface area contributed by atoms with Crippen LogP contribution in [-0.2, 0) is 6.54 Å². The molecule has 1 aromatic heterocycles. The van der Waals surface area contributed by atoms with Gasteiger partial charge in [-0.3, -0.25) is 14.5 Å². The van der Waals surface area contributed by atoms with E-state index in [2.05, 4.69) is 10.1 Å². The Hall–Kier alpha value is -3.06. The van der Waals surface area contributed by atoms with E-state index in [0.717, 1.165) is 4.90 Å². The SMILES string of the molecule is O=C1c2ccccc2C(=O)N1Cc1nc(-c2c(F)cccc2Cl)no1. The van der Waals surface area contributed by atoms with Crippen LogP contribution in [0.15, 0.2) is 47.0 Å². The summed E-state index contributed by atoms with van der Waals surface area (Å²) in [5.74, 6) is -1.52. The molecule has 0 spiro atoms. The van der Waals surface area contributed by atoms with Gasteiger partial charge in [0.25, 0.3) is 11.8 Å². The highest BCUT2D eigenvalue weighted by Crippen LogP contribution is 2.29. The number of hydrogen-bond acceptors (Lipinski definition) is 5. The molecule has 2 amide bonds. The average molecular weight is 358 g/mol. The Balaban J connectivity index is 1.63. The second-order valence-corrected chi connectivity index (χ2v) is 5.76. The zero-order valence-electron chi connectivity index (χ0n) is 12.6. The first kappa shape index (κ1) is 15.5. The normalized spacial score (nSPS) is 13.4. The zero-order chi connectivity index (χ0) is 17.6. The zero-order valence-corrected chi connectivity index (χ0v) is 13.3. The van der Waals surface area contributed by atoms with Gasteiger partial charge in [-0.25, -0.2) is 4.39 Å². The smallest absolute Gasteiger partial charge is 0.262 e. The third-order valence-corrected chi connectivity index (χ3v) is 4.14. The van der Waals surface area contributed by atoms with Crippen molar-refractivity contribution in [1.29, 1.82) is 0 Å². The minimum atomic E-state index is -0.597. The lowest BCUT2D eigenvalue weighted by Gasteiger charge is -2.09. The van der Waals surface area contributed by atoms with E-state index < -0.39 is 17.6 Å². The van der Waals surface area contributed by atoms with Crippen LogP contribution in [0.4, 0.5) is 4.39 Å². The van der Waals surface area contributed by atoms with Crippen LogP contribution in [0.1, 0.15) is 26.6 Å². The minimum Gasteiger partial charge on any atom is -0.337 e. The van der Waals surface area contributed by atoms with Crippen LogP contribution in [0.25, 0.3) is 11.4 Å². The van der Waals surface area contributed by atoms with Gasteiger partial charge >= 0.3 is 0 Å². The second-order valence-electron chi connectivity index (χ2n) is 5.35. The van der Waals surface area contributed by atoms with Crippen LogP contribution in [0, 0.1) is 5.82 Å². The second kappa shape index (κ2) is 5.78. The summed E-state index contributed by atoms with van der Waals surface area (Å²) in [7, 11) is 0. The lowest BCUT2D eigenvalue weighted by molar-refractivity contribution is 0.0625. The largest absolute Gasteiger partial charge is 0.337 e. The highest BCUT2D eigenvalue weighted by Gasteiger charge is 2.36. The van der Waals surface area contributed by atoms with E-state index in [1.807, 2.05) is 0 Å². The molecule has 0 aliphatic carbocycles. The number of benzene rings is 2. The molecule has 25 heavy (non-hydrogen) atoms. The molecule has 0 saturated heterocycles.